The fourth-order valence-electron chi connectivity index (χ4n) is 1.85. The molecule has 0 saturated heterocycles. The molecule has 0 spiro atoms. The van der Waals surface area contributed by atoms with Crippen molar-refractivity contribution in [3.05, 3.63) is 70.5 Å². The number of hydrogen-bond acceptors (Lipinski definition) is 3. The highest BCUT2D eigenvalue weighted by Gasteiger charge is 2.05. The van der Waals surface area contributed by atoms with Crippen LogP contribution < -0.4 is 0 Å². The molecule has 0 aliphatic carbocycles. The lowest BCUT2D eigenvalue weighted by Crippen LogP contribution is -1.94. The molecular formula is C17H16OS2. The van der Waals surface area contributed by atoms with E-state index in [1.165, 1.54) is 0 Å². The highest BCUT2D eigenvalue weighted by Crippen LogP contribution is 2.24. The molecule has 2 aromatic rings. The Hall–Kier alpha value is -1.45. The first-order chi connectivity index (χ1) is 9.74. The molecule has 0 fully saturated rings. The monoisotopic (exact) mass is 300 g/mol. The molecule has 0 radical (unpaired) electrons. The maximum atomic E-state index is 12.1. The first-order valence-corrected chi connectivity index (χ1v) is 8.69. The highest BCUT2D eigenvalue weighted by molar-refractivity contribution is 8.21. The van der Waals surface area contributed by atoms with Crippen LogP contribution in [0.5, 0.6) is 0 Å². The minimum absolute atomic E-state index is 0.0586. The summed E-state index contributed by atoms with van der Waals surface area (Å²) in [6, 6.07) is 17.9. The van der Waals surface area contributed by atoms with Crippen LogP contribution in [0, 0.1) is 0 Å². The van der Waals surface area contributed by atoms with E-state index < -0.39 is 0 Å². The summed E-state index contributed by atoms with van der Waals surface area (Å²) in [4.78, 5) is 12.1. The molecule has 20 heavy (non-hydrogen) atoms. The van der Waals surface area contributed by atoms with Gasteiger partial charge in [0.25, 0.3) is 0 Å². The van der Waals surface area contributed by atoms with Crippen molar-refractivity contribution in [2.45, 2.75) is 0 Å². The third-order valence-corrected chi connectivity index (χ3v) is 4.97. The number of carbonyl (C=O) groups is 1. The van der Waals surface area contributed by atoms with E-state index in [9.17, 15) is 4.79 Å². The number of carbonyl (C=O) groups excluding carboxylic acids is 1. The smallest absolute Gasteiger partial charge is 0.187 e. The fraction of sp³-hybridized carbons (Fsp3) is 0.118. The lowest BCUT2D eigenvalue weighted by Gasteiger charge is -2.03. The number of benzene rings is 2. The zero-order chi connectivity index (χ0) is 14.4. The maximum Gasteiger partial charge on any atom is 0.187 e. The molecule has 0 aliphatic rings. The summed E-state index contributed by atoms with van der Waals surface area (Å²) < 4.78 is 1.03. The van der Waals surface area contributed by atoms with E-state index in [4.69, 9.17) is 0 Å². The van der Waals surface area contributed by atoms with E-state index in [0.717, 1.165) is 20.9 Å². The molecule has 0 unspecified atom stereocenters. The van der Waals surface area contributed by atoms with Crippen molar-refractivity contribution in [2.75, 3.05) is 12.5 Å². The molecule has 0 aromatic heterocycles. The first-order valence-electron chi connectivity index (χ1n) is 6.24. The van der Waals surface area contributed by atoms with E-state index in [0.29, 0.717) is 0 Å². The standard InChI is InChI=1S/C17H16OS2/c1-19-17(20-2)12-16(18)15-10-8-14(9-11-15)13-6-4-3-5-7-13/h3-12H,1-2H3. The molecular weight excluding hydrogens is 284 g/mol. The van der Waals surface area contributed by atoms with Crippen molar-refractivity contribution < 1.29 is 4.79 Å². The van der Waals surface area contributed by atoms with Gasteiger partial charge in [-0.1, -0.05) is 54.6 Å². The number of hydrogen-bond donors (Lipinski definition) is 0. The van der Waals surface area contributed by atoms with E-state index >= 15 is 0 Å². The Kier molecular flexibility index (Phi) is 5.50. The minimum Gasteiger partial charge on any atom is -0.289 e. The molecule has 0 amide bonds. The van der Waals surface area contributed by atoms with Gasteiger partial charge in [-0.15, -0.1) is 23.5 Å². The zero-order valence-corrected chi connectivity index (χ0v) is 13.1. The first kappa shape index (κ1) is 14.9. The Morgan fingerprint density at radius 2 is 1.40 bits per heavy atom. The summed E-state index contributed by atoms with van der Waals surface area (Å²) in [5.41, 5.74) is 3.02. The third kappa shape index (κ3) is 3.78. The Labute approximate surface area is 128 Å². The Bertz CT molecular complexity index is 595. The average Bonchev–Trinajstić information content (AvgIpc) is 2.53. The summed E-state index contributed by atoms with van der Waals surface area (Å²) in [6.07, 6.45) is 5.66. The van der Waals surface area contributed by atoms with Gasteiger partial charge in [-0.3, -0.25) is 4.79 Å². The van der Waals surface area contributed by atoms with Crippen molar-refractivity contribution >= 4 is 29.3 Å². The van der Waals surface area contributed by atoms with Gasteiger partial charge in [0.15, 0.2) is 5.78 Å². The summed E-state index contributed by atoms with van der Waals surface area (Å²) in [5, 5.41) is 0. The van der Waals surface area contributed by atoms with E-state index in [-0.39, 0.29) is 5.78 Å². The molecule has 0 aliphatic heterocycles. The second kappa shape index (κ2) is 7.36. The number of allylic oxidation sites excluding steroid dienone is 1. The van der Waals surface area contributed by atoms with Crippen molar-refractivity contribution in [3.63, 3.8) is 0 Å². The summed E-state index contributed by atoms with van der Waals surface area (Å²) >= 11 is 3.19. The van der Waals surface area contributed by atoms with Gasteiger partial charge in [-0.05, 0) is 23.6 Å². The number of rotatable bonds is 5. The topological polar surface area (TPSA) is 17.1 Å². The van der Waals surface area contributed by atoms with Crippen LogP contribution >= 0.6 is 23.5 Å². The van der Waals surface area contributed by atoms with Gasteiger partial charge < -0.3 is 0 Å². The Morgan fingerprint density at radius 1 is 0.850 bits per heavy atom. The molecule has 2 aromatic carbocycles. The normalized spacial score (nSPS) is 10.1. The predicted octanol–water partition coefficient (Wildman–Crippen LogP) is 5.10. The largest absolute Gasteiger partial charge is 0.289 e. The van der Waals surface area contributed by atoms with Crippen molar-refractivity contribution in [1.29, 1.82) is 0 Å². The molecule has 0 bridgehead atoms. The molecule has 0 heterocycles. The maximum absolute atomic E-state index is 12.1. The van der Waals surface area contributed by atoms with Crippen LogP contribution in [0.4, 0.5) is 0 Å². The highest BCUT2D eigenvalue weighted by atomic mass is 32.2. The van der Waals surface area contributed by atoms with Crippen LogP contribution in [0.1, 0.15) is 10.4 Å². The van der Waals surface area contributed by atoms with Crippen molar-refractivity contribution in [1.82, 2.24) is 0 Å². The lowest BCUT2D eigenvalue weighted by atomic mass is 10.0. The zero-order valence-electron chi connectivity index (χ0n) is 11.5. The van der Waals surface area contributed by atoms with Crippen LogP contribution in [0.2, 0.25) is 0 Å². The number of thioether (sulfide) groups is 2. The average molecular weight is 300 g/mol. The summed E-state index contributed by atoms with van der Waals surface area (Å²) in [5.74, 6) is 0.0586. The van der Waals surface area contributed by atoms with Gasteiger partial charge in [-0.25, -0.2) is 0 Å². The van der Waals surface area contributed by atoms with Crippen LogP contribution in [-0.2, 0) is 0 Å². The van der Waals surface area contributed by atoms with Gasteiger partial charge in [0.05, 0.1) is 0 Å². The van der Waals surface area contributed by atoms with Crippen molar-refractivity contribution in [3.8, 4) is 11.1 Å². The van der Waals surface area contributed by atoms with E-state index in [2.05, 4.69) is 12.1 Å². The van der Waals surface area contributed by atoms with E-state index in [1.54, 1.807) is 29.6 Å². The summed E-state index contributed by atoms with van der Waals surface area (Å²) in [6.45, 7) is 0. The van der Waals surface area contributed by atoms with Crippen LogP contribution in [0.25, 0.3) is 11.1 Å². The molecule has 0 N–H and O–H groups in total. The van der Waals surface area contributed by atoms with Crippen molar-refractivity contribution in [2.24, 2.45) is 0 Å². The Balaban J connectivity index is 2.21. The quantitative estimate of drug-likeness (QED) is 0.564. The summed E-state index contributed by atoms with van der Waals surface area (Å²) in [7, 11) is 0. The van der Waals surface area contributed by atoms with Crippen LogP contribution in [-0.4, -0.2) is 18.3 Å². The molecule has 1 nitrogen and oxygen atoms in total. The molecule has 0 saturated carbocycles. The SMILES string of the molecule is CSC(=CC(=O)c1ccc(-c2ccccc2)cc1)SC. The molecule has 2 rings (SSSR count). The number of ketones is 1. The van der Waals surface area contributed by atoms with Gasteiger partial charge in [0.1, 0.15) is 0 Å². The van der Waals surface area contributed by atoms with Gasteiger partial charge in [-0.2, -0.15) is 0 Å². The second-order valence-electron chi connectivity index (χ2n) is 4.18. The third-order valence-electron chi connectivity index (χ3n) is 2.93. The second-order valence-corrected chi connectivity index (χ2v) is 6.13. The fourth-order valence-corrected chi connectivity index (χ4v) is 2.97. The van der Waals surface area contributed by atoms with E-state index in [1.807, 2.05) is 55.0 Å². The minimum atomic E-state index is 0.0586. The molecule has 102 valence electrons. The van der Waals surface area contributed by atoms with Gasteiger partial charge in [0.2, 0.25) is 0 Å². The van der Waals surface area contributed by atoms with Gasteiger partial charge in [0, 0.05) is 15.9 Å². The molecule has 0 atom stereocenters. The lowest BCUT2D eigenvalue weighted by molar-refractivity contribution is 0.104. The molecule has 3 heteroatoms. The van der Waals surface area contributed by atoms with Crippen LogP contribution in [0.3, 0.4) is 0 Å². The predicted molar refractivity (Wildman–Crippen MR) is 91.3 cm³/mol. The van der Waals surface area contributed by atoms with Crippen LogP contribution in [0.15, 0.2) is 64.9 Å². The van der Waals surface area contributed by atoms with Gasteiger partial charge >= 0.3 is 0 Å². The Morgan fingerprint density at radius 3 is 1.95 bits per heavy atom.